The van der Waals surface area contributed by atoms with Crippen LogP contribution in [0.15, 0.2) is 52.9 Å². The first-order chi connectivity index (χ1) is 12.1. The van der Waals surface area contributed by atoms with Gasteiger partial charge >= 0.3 is 0 Å². The Bertz CT molecular complexity index is 874. The van der Waals surface area contributed by atoms with Crippen LogP contribution in [0.2, 0.25) is 0 Å². The largest absolute Gasteiger partial charge is 0.497 e. The smallest absolute Gasteiger partial charge is 0.158 e. The van der Waals surface area contributed by atoms with Gasteiger partial charge in [-0.1, -0.05) is 30.3 Å². The van der Waals surface area contributed by atoms with Crippen LogP contribution in [0.5, 0.6) is 5.75 Å². The van der Waals surface area contributed by atoms with Gasteiger partial charge in [0.25, 0.3) is 0 Å². The lowest BCUT2D eigenvalue weighted by molar-refractivity contribution is -0.890. The summed E-state index contributed by atoms with van der Waals surface area (Å²) in [5.74, 6) is 1.82. The maximum Gasteiger partial charge on any atom is 0.158 e. The highest BCUT2D eigenvalue weighted by molar-refractivity contribution is 6.00. The van der Waals surface area contributed by atoms with Crippen molar-refractivity contribution in [1.29, 1.82) is 0 Å². The first kappa shape index (κ1) is 16.0. The van der Waals surface area contributed by atoms with Crippen molar-refractivity contribution in [3.8, 4) is 17.1 Å². The van der Waals surface area contributed by atoms with E-state index in [0.29, 0.717) is 0 Å². The number of nitrogens with zero attached hydrogens (tertiary/aromatic N) is 2. The number of rotatable bonds is 3. The third kappa shape index (κ3) is 2.98. The van der Waals surface area contributed by atoms with Crippen LogP contribution in [0.25, 0.3) is 22.3 Å². The summed E-state index contributed by atoms with van der Waals surface area (Å²) in [5.41, 5.74) is 3.22. The van der Waals surface area contributed by atoms with Crippen molar-refractivity contribution in [1.82, 2.24) is 0 Å². The standard InChI is InChI=1S/C21H25N2O2/c1-23(2)13-11-22(12-14-23)20-18-15-17(24-3)9-10-19(18)25-21(20)16-7-5-4-6-8-16/h4-10,15H,11-14H2,1-3H3/q+1. The molecule has 25 heavy (non-hydrogen) atoms. The van der Waals surface area contributed by atoms with Crippen LogP contribution >= 0.6 is 0 Å². The Morgan fingerprint density at radius 3 is 2.40 bits per heavy atom. The molecule has 4 heteroatoms. The number of hydrogen-bond acceptors (Lipinski definition) is 3. The minimum Gasteiger partial charge on any atom is -0.497 e. The highest BCUT2D eigenvalue weighted by Crippen LogP contribution is 2.42. The highest BCUT2D eigenvalue weighted by atomic mass is 16.5. The molecule has 2 heterocycles. The van der Waals surface area contributed by atoms with Crippen LogP contribution < -0.4 is 9.64 Å². The fourth-order valence-corrected chi connectivity index (χ4v) is 3.52. The van der Waals surface area contributed by atoms with Crippen molar-refractivity contribution in [3.63, 3.8) is 0 Å². The normalized spacial score (nSPS) is 17.0. The lowest BCUT2D eigenvalue weighted by Crippen LogP contribution is -2.54. The molecule has 4 nitrogen and oxygen atoms in total. The van der Waals surface area contributed by atoms with Gasteiger partial charge in [0.15, 0.2) is 5.76 Å². The summed E-state index contributed by atoms with van der Waals surface area (Å²) in [6, 6.07) is 16.4. The molecule has 1 aliphatic rings. The van der Waals surface area contributed by atoms with Crippen LogP contribution in [-0.4, -0.2) is 51.9 Å². The quantitative estimate of drug-likeness (QED) is 0.676. The Kier molecular flexibility index (Phi) is 3.92. The highest BCUT2D eigenvalue weighted by Gasteiger charge is 2.29. The monoisotopic (exact) mass is 337 g/mol. The zero-order valence-corrected chi connectivity index (χ0v) is 15.2. The second-order valence-corrected chi connectivity index (χ2v) is 7.38. The number of quaternary nitrogens is 1. The predicted molar refractivity (Wildman–Crippen MR) is 102 cm³/mol. The van der Waals surface area contributed by atoms with Gasteiger partial charge in [-0.25, -0.2) is 0 Å². The zero-order chi connectivity index (χ0) is 17.4. The number of furan rings is 1. The second kappa shape index (κ2) is 6.12. The van der Waals surface area contributed by atoms with Crippen molar-refractivity contribution in [2.75, 3.05) is 52.3 Å². The summed E-state index contributed by atoms with van der Waals surface area (Å²) >= 11 is 0. The molecule has 0 N–H and O–H groups in total. The molecule has 3 aromatic rings. The fraction of sp³-hybridized carbons (Fsp3) is 0.333. The van der Waals surface area contributed by atoms with E-state index in [-0.39, 0.29) is 0 Å². The number of likely N-dealkylation sites (N-methyl/N-ethyl adjacent to an activating group) is 1. The lowest BCUT2D eigenvalue weighted by atomic mass is 10.1. The molecule has 1 saturated heterocycles. The van der Waals surface area contributed by atoms with Crippen molar-refractivity contribution in [2.24, 2.45) is 0 Å². The summed E-state index contributed by atoms with van der Waals surface area (Å²) in [6.45, 7) is 4.31. The molecule has 2 aromatic carbocycles. The fourth-order valence-electron chi connectivity index (χ4n) is 3.52. The molecule has 1 fully saturated rings. The third-order valence-corrected chi connectivity index (χ3v) is 5.17. The summed E-state index contributed by atoms with van der Waals surface area (Å²) in [4.78, 5) is 2.47. The van der Waals surface area contributed by atoms with E-state index in [1.54, 1.807) is 7.11 Å². The molecule has 0 unspecified atom stereocenters. The molecule has 0 aliphatic carbocycles. The summed E-state index contributed by atoms with van der Waals surface area (Å²) in [5, 5.41) is 1.13. The average molecular weight is 337 g/mol. The van der Waals surface area contributed by atoms with E-state index in [1.165, 1.54) is 5.69 Å². The van der Waals surface area contributed by atoms with Gasteiger partial charge in [-0.2, -0.15) is 0 Å². The summed E-state index contributed by atoms with van der Waals surface area (Å²) < 4.78 is 12.8. The predicted octanol–water partition coefficient (Wildman–Crippen LogP) is 4.00. The van der Waals surface area contributed by atoms with Gasteiger partial charge in [-0.05, 0) is 18.2 Å². The number of anilines is 1. The number of fused-ring (bicyclic) bond motifs is 1. The van der Waals surface area contributed by atoms with Gasteiger partial charge in [0.05, 0.1) is 53.1 Å². The first-order valence-corrected chi connectivity index (χ1v) is 8.80. The maximum absolute atomic E-state index is 6.29. The molecule has 130 valence electrons. The van der Waals surface area contributed by atoms with Crippen LogP contribution in [-0.2, 0) is 0 Å². The van der Waals surface area contributed by atoms with Gasteiger partial charge in [0.1, 0.15) is 11.3 Å². The Morgan fingerprint density at radius 1 is 1.00 bits per heavy atom. The van der Waals surface area contributed by atoms with E-state index < -0.39 is 0 Å². The van der Waals surface area contributed by atoms with Gasteiger partial charge < -0.3 is 18.5 Å². The number of ether oxygens (including phenoxy) is 1. The molecule has 1 aliphatic heterocycles. The van der Waals surface area contributed by atoms with Crippen molar-refractivity contribution in [3.05, 3.63) is 48.5 Å². The van der Waals surface area contributed by atoms with Crippen LogP contribution in [0, 0.1) is 0 Å². The molecular weight excluding hydrogens is 312 g/mol. The number of hydrogen-bond donors (Lipinski definition) is 0. The minimum absolute atomic E-state index is 0.863. The molecule has 0 amide bonds. The first-order valence-electron chi connectivity index (χ1n) is 8.80. The van der Waals surface area contributed by atoms with Gasteiger partial charge in [-0.3, -0.25) is 0 Å². The van der Waals surface area contributed by atoms with E-state index in [9.17, 15) is 0 Å². The average Bonchev–Trinajstić information content (AvgIpc) is 3.01. The number of piperazine rings is 1. The topological polar surface area (TPSA) is 25.6 Å². The Balaban J connectivity index is 1.87. The van der Waals surface area contributed by atoms with Crippen molar-refractivity contribution in [2.45, 2.75) is 0 Å². The molecule has 0 atom stereocenters. The van der Waals surface area contributed by atoms with Gasteiger partial charge in [0, 0.05) is 10.9 Å². The Hall–Kier alpha value is -2.46. The van der Waals surface area contributed by atoms with Crippen LogP contribution in [0.1, 0.15) is 0 Å². The number of methoxy groups -OCH3 is 1. The molecule has 0 saturated carbocycles. The van der Waals surface area contributed by atoms with E-state index in [1.807, 2.05) is 18.2 Å². The Labute approximate surface area is 148 Å². The lowest BCUT2D eigenvalue weighted by Gasteiger charge is -2.40. The zero-order valence-electron chi connectivity index (χ0n) is 15.2. The summed E-state index contributed by atoms with van der Waals surface area (Å²) in [7, 11) is 6.30. The second-order valence-electron chi connectivity index (χ2n) is 7.38. The molecule has 0 spiro atoms. The third-order valence-electron chi connectivity index (χ3n) is 5.17. The van der Waals surface area contributed by atoms with E-state index in [4.69, 9.17) is 9.15 Å². The van der Waals surface area contributed by atoms with E-state index in [2.05, 4.69) is 49.3 Å². The maximum atomic E-state index is 6.29. The van der Waals surface area contributed by atoms with E-state index >= 15 is 0 Å². The molecular formula is C21H25N2O2+. The van der Waals surface area contributed by atoms with Gasteiger partial charge in [0.2, 0.25) is 0 Å². The Morgan fingerprint density at radius 2 is 1.72 bits per heavy atom. The van der Waals surface area contributed by atoms with Crippen LogP contribution in [0.4, 0.5) is 5.69 Å². The van der Waals surface area contributed by atoms with E-state index in [0.717, 1.165) is 58.7 Å². The molecule has 0 bridgehead atoms. The minimum atomic E-state index is 0.863. The van der Waals surface area contributed by atoms with Gasteiger partial charge in [-0.15, -0.1) is 0 Å². The number of benzene rings is 2. The molecule has 1 aromatic heterocycles. The van der Waals surface area contributed by atoms with Crippen molar-refractivity contribution < 1.29 is 13.6 Å². The van der Waals surface area contributed by atoms with Crippen LogP contribution in [0.3, 0.4) is 0 Å². The van der Waals surface area contributed by atoms with Crippen molar-refractivity contribution >= 4 is 16.7 Å². The SMILES string of the molecule is COc1ccc2oc(-c3ccccc3)c(N3CC[N+](C)(C)CC3)c2c1. The molecule has 0 radical (unpaired) electrons. The summed E-state index contributed by atoms with van der Waals surface area (Å²) in [6.07, 6.45) is 0. The molecule has 4 rings (SSSR count).